The molecule has 1 unspecified atom stereocenters. The summed E-state index contributed by atoms with van der Waals surface area (Å²) in [4.78, 5) is 16.9. The standard InChI is InChI=1S/C19H25N3OS/c20-16(12-14-8-4-3-5-9-14)19-22-17(13-24-19)18(23)21-15-10-6-1-2-7-11-15/h3-5,8-9,13,15-16H,1-2,6-7,10-12,20H2,(H,21,23). The number of amides is 1. The van der Waals surface area contributed by atoms with Crippen LogP contribution in [0.4, 0.5) is 0 Å². The van der Waals surface area contributed by atoms with Gasteiger partial charge in [0.25, 0.3) is 5.91 Å². The molecule has 128 valence electrons. The molecule has 0 radical (unpaired) electrons. The molecule has 3 N–H and O–H groups in total. The van der Waals surface area contributed by atoms with Crippen molar-refractivity contribution in [3.63, 3.8) is 0 Å². The average molecular weight is 343 g/mol. The third-order valence-electron chi connectivity index (χ3n) is 4.56. The minimum atomic E-state index is -0.170. The predicted octanol–water partition coefficient (Wildman–Crippen LogP) is 3.84. The minimum absolute atomic E-state index is 0.0590. The Labute approximate surface area is 147 Å². The van der Waals surface area contributed by atoms with Gasteiger partial charge in [0.1, 0.15) is 10.7 Å². The second kappa shape index (κ2) is 8.40. The maximum absolute atomic E-state index is 12.4. The third-order valence-corrected chi connectivity index (χ3v) is 5.54. The number of hydrogen-bond donors (Lipinski definition) is 2. The van der Waals surface area contributed by atoms with Crippen LogP contribution < -0.4 is 11.1 Å². The molecule has 0 aliphatic heterocycles. The van der Waals surface area contributed by atoms with Crippen LogP contribution in [-0.2, 0) is 6.42 Å². The SMILES string of the molecule is NC(Cc1ccccc1)c1nc(C(=O)NC2CCCCCC2)cs1. The van der Waals surface area contributed by atoms with E-state index in [1.54, 1.807) is 0 Å². The molecule has 1 heterocycles. The van der Waals surface area contributed by atoms with Crippen LogP contribution in [0.2, 0.25) is 0 Å². The van der Waals surface area contributed by atoms with Crippen LogP contribution >= 0.6 is 11.3 Å². The van der Waals surface area contributed by atoms with Crippen molar-refractivity contribution in [1.29, 1.82) is 0 Å². The van der Waals surface area contributed by atoms with Crippen molar-refractivity contribution in [1.82, 2.24) is 10.3 Å². The molecule has 0 bridgehead atoms. The number of nitrogens with two attached hydrogens (primary N) is 1. The van der Waals surface area contributed by atoms with E-state index < -0.39 is 0 Å². The molecule has 2 aromatic rings. The summed E-state index contributed by atoms with van der Waals surface area (Å²) in [5.74, 6) is -0.0590. The molecule has 1 atom stereocenters. The zero-order valence-corrected chi connectivity index (χ0v) is 14.7. The van der Waals surface area contributed by atoms with Crippen LogP contribution in [0.15, 0.2) is 35.7 Å². The molecule has 1 fully saturated rings. The number of hydrogen-bond acceptors (Lipinski definition) is 4. The maximum atomic E-state index is 12.4. The first kappa shape index (κ1) is 17.1. The Bertz CT molecular complexity index is 648. The first-order valence-electron chi connectivity index (χ1n) is 8.78. The lowest BCUT2D eigenvalue weighted by Gasteiger charge is -2.15. The van der Waals surface area contributed by atoms with Gasteiger partial charge in [-0.05, 0) is 24.8 Å². The number of aromatic nitrogens is 1. The summed E-state index contributed by atoms with van der Waals surface area (Å²) in [5, 5.41) is 5.79. The van der Waals surface area contributed by atoms with Gasteiger partial charge >= 0.3 is 0 Å². The molecule has 3 rings (SSSR count). The van der Waals surface area contributed by atoms with Gasteiger partial charge in [0, 0.05) is 11.4 Å². The smallest absolute Gasteiger partial charge is 0.270 e. The monoisotopic (exact) mass is 343 g/mol. The Kier molecular flexibility index (Phi) is 5.99. The van der Waals surface area contributed by atoms with E-state index in [0.29, 0.717) is 11.7 Å². The van der Waals surface area contributed by atoms with Gasteiger partial charge in [0.2, 0.25) is 0 Å². The predicted molar refractivity (Wildman–Crippen MR) is 98.1 cm³/mol. The number of nitrogens with zero attached hydrogens (tertiary/aromatic N) is 1. The number of carbonyl (C=O) groups is 1. The second-order valence-electron chi connectivity index (χ2n) is 6.53. The van der Waals surface area contributed by atoms with Crippen molar-refractivity contribution in [2.24, 2.45) is 5.73 Å². The van der Waals surface area contributed by atoms with Gasteiger partial charge in [-0.1, -0.05) is 56.0 Å². The molecule has 0 saturated heterocycles. The normalized spacial score (nSPS) is 17.2. The van der Waals surface area contributed by atoms with E-state index >= 15 is 0 Å². The maximum Gasteiger partial charge on any atom is 0.270 e. The number of benzene rings is 1. The Balaban J connectivity index is 1.58. The van der Waals surface area contributed by atoms with Gasteiger partial charge in [-0.2, -0.15) is 0 Å². The second-order valence-corrected chi connectivity index (χ2v) is 7.42. The van der Waals surface area contributed by atoms with Crippen molar-refractivity contribution >= 4 is 17.2 Å². The quantitative estimate of drug-likeness (QED) is 0.811. The van der Waals surface area contributed by atoms with Crippen molar-refractivity contribution in [3.05, 3.63) is 52.0 Å². The van der Waals surface area contributed by atoms with Gasteiger partial charge in [0.15, 0.2) is 0 Å². The summed E-state index contributed by atoms with van der Waals surface area (Å²) in [7, 11) is 0. The molecular weight excluding hydrogens is 318 g/mol. The molecule has 1 aromatic carbocycles. The van der Waals surface area contributed by atoms with Crippen molar-refractivity contribution < 1.29 is 4.79 Å². The minimum Gasteiger partial charge on any atom is -0.348 e. The van der Waals surface area contributed by atoms with E-state index in [0.717, 1.165) is 24.3 Å². The summed E-state index contributed by atoms with van der Waals surface area (Å²) in [6, 6.07) is 10.3. The van der Waals surface area contributed by atoms with Gasteiger partial charge in [0.05, 0.1) is 6.04 Å². The van der Waals surface area contributed by atoms with Gasteiger partial charge < -0.3 is 11.1 Å². The molecule has 5 heteroatoms. The van der Waals surface area contributed by atoms with E-state index in [4.69, 9.17) is 5.73 Å². The Morgan fingerprint density at radius 3 is 2.62 bits per heavy atom. The van der Waals surface area contributed by atoms with Crippen LogP contribution in [0.1, 0.15) is 65.6 Å². The van der Waals surface area contributed by atoms with Crippen LogP contribution in [-0.4, -0.2) is 16.9 Å². The van der Waals surface area contributed by atoms with E-state index in [2.05, 4.69) is 22.4 Å². The number of nitrogens with one attached hydrogen (secondary N) is 1. The van der Waals surface area contributed by atoms with E-state index in [1.807, 2.05) is 23.6 Å². The van der Waals surface area contributed by atoms with Crippen molar-refractivity contribution in [2.75, 3.05) is 0 Å². The lowest BCUT2D eigenvalue weighted by Crippen LogP contribution is -2.34. The van der Waals surface area contributed by atoms with Gasteiger partial charge in [-0.15, -0.1) is 11.3 Å². The third kappa shape index (κ3) is 4.65. The molecule has 1 aliphatic rings. The lowest BCUT2D eigenvalue weighted by atomic mass is 10.1. The summed E-state index contributed by atoms with van der Waals surface area (Å²) < 4.78 is 0. The topological polar surface area (TPSA) is 68.0 Å². The molecule has 1 aliphatic carbocycles. The zero-order valence-electron chi connectivity index (χ0n) is 13.9. The fraction of sp³-hybridized carbons (Fsp3) is 0.474. The Hall–Kier alpha value is -1.72. The van der Waals surface area contributed by atoms with E-state index in [9.17, 15) is 4.79 Å². The molecule has 1 amide bonds. The first-order valence-corrected chi connectivity index (χ1v) is 9.66. The van der Waals surface area contributed by atoms with Crippen molar-refractivity contribution in [2.45, 2.75) is 57.0 Å². The molecule has 1 aromatic heterocycles. The highest BCUT2D eigenvalue weighted by atomic mass is 32.1. The fourth-order valence-electron chi connectivity index (χ4n) is 3.20. The van der Waals surface area contributed by atoms with Gasteiger partial charge in [-0.3, -0.25) is 4.79 Å². The Morgan fingerprint density at radius 2 is 1.92 bits per heavy atom. The van der Waals surface area contributed by atoms with Crippen molar-refractivity contribution in [3.8, 4) is 0 Å². The summed E-state index contributed by atoms with van der Waals surface area (Å²) >= 11 is 1.47. The molecule has 4 nitrogen and oxygen atoms in total. The molecule has 0 spiro atoms. The lowest BCUT2D eigenvalue weighted by molar-refractivity contribution is 0.0929. The summed E-state index contributed by atoms with van der Waals surface area (Å²) in [5.41, 5.74) is 7.95. The Morgan fingerprint density at radius 1 is 1.21 bits per heavy atom. The summed E-state index contributed by atoms with van der Waals surface area (Å²) in [6.45, 7) is 0. The number of carbonyl (C=O) groups excluding carboxylic acids is 1. The highest BCUT2D eigenvalue weighted by molar-refractivity contribution is 7.09. The molecule has 24 heavy (non-hydrogen) atoms. The first-order chi connectivity index (χ1) is 11.7. The highest BCUT2D eigenvalue weighted by Crippen LogP contribution is 2.21. The average Bonchev–Trinajstić information content (AvgIpc) is 2.96. The van der Waals surface area contributed by atoms with Crippen LogP contribution in [0, 0.1) is 0 Å². The van der Waals surface area contributed by atoms with Crippen LogP contribution in [0.25, 0.3) is 0 Å². The summed E-state index contributed by atoms with van der Waals surface area (Å²) in [6.07, 6.45) is 7.86. The van der Waals surface area contributed by atoms with Gasteiger partial charge in [-0.25, -0.2) is 4.98 Å². The fourth-order valence-corrected chi connectivity index (χ4v) is 4.00. The highest BCUT2D eigenvalue weighted by Gasteiger charge is 2.19. The largest absolute Gasteiger partial charge is 0.348 e. The number of rotatable bonds is 5. The van der Waals surface area contributed by atoms with E-state index in [1.165, 1.54) is 42.6 Å². The zero-order chi connectivity index (χ0) is 16.8. The molecule has 1 saturated carbocycles. The number of thiazole rings is 1. The van der Waals surface area contributed by atoms with E-state index in [-0.39, 0.29) is 11.9 Å². The van der Waals surface area contributed by atoms with Crippen LogP contribution in [0.5, 0.6) is 0 Å². The molecular formula is C19H25N3OS. The van der Waals surface area contributed by atoms with Crippen LogP contribution in [0.3, 0.4) is 0 Å².